The van der Waals surface area contributed by atoms with Gasteiger partial charge >= 0.3 is 0 Å². The van der Waals surface area contributed by atoms with Crippen LogP contribution in [0.1, 0.15) is 20.3 Å². The molecule has 44 valence electrons. The van der Waals surface area contributed by atoms with Crippen molar-refractivity contribution in [1.29, 1.82) is 0 Å². The van der Waals surface area contributed by atoms with Crippen LogP contribution in [0.15, 0.2) is 23.8 Å². The fourth-order valence-electron chi connectivity index (χ4n) is 0.978. The van der Waals surface area contributed by atoms with Crippen molar-refractivity contribution in [1.82, 2.24) is 0 Å². The van der Waals surface area contributed by atoms with Crippen molar-refractivity contribution in [2.45, 2.75) is 20.3 Å². The van der Waals surface area contributed by atoms with Gasteiger partial charge in [-0.1, -0.05) is 30.7 Å². The summed E-state index contributed by atoms with van der Waals surface area (Å²) in [5.74, 6) is 0.731. The van der Waals surface area contributed by atoms with Crippen molar-refractivity contribution in [3.63, 3.8) is 0 Å². The zero-order chi connectivity index (χ0) is 5.98. The molecule has 1 rings (SSSR count). The minimum atomic E-state index is 0.731. The van der Waals surface area contributed by atoms with E-state index in [0.717, 1.165) is 5.92 Å². The molecule has 1 atom stereocenters. The van der Waals surface area contributed by atoms with Crippen LogP contribution in [0.5, 0.6) is 0 Å². The van der Waals surface area contributed by atoms with E-state index in [1.165, 1.54) is 12.0 Å². The molecule has 1 aliphatic carbocycles. The monoisotopic (exact) mass is 108 g/mol. The van der Waals surface area contributed by atoms with E-state index in [1.54, 1.807) is 0 Å². The molecule has 0 heterocycles. The summed E-state index contributed by atoms with van der Waals surface area (Å²) >= 11 is 0. The van der Waals surface area contributed by atoms with Gasteiger partial charge < -0.3 is 0 Å². The Morgan fingerprint density at radius 1 is 1.62 bits per heavy atom. The summed E-state index contributed by atoms with van der Waals surface area (Å²) in [6.45, 7) is 4.36. The minimum absolute atomic E-state index is 0.731. The van der Waals surface area contributed by atoms with Crippen LogP contribution < -0.4 is 0 Å². The maximum absolute atomic E-state index is 2.31. The normalized spacial score (nSPS) is 26.2. The van der Waals surface area contributed by atoms with E-state index < -0.39 is 0 Å². The van der Waals surface area contributed by atoms with Crippen molar-refractivity contribution in [2.75, 3.05) is 0 Å². The quantitative estimate of drug-likeness (QED) is 0.484. The van der Waals surface area contributed by atoms with Gasteiger partial charge in [0.1, 0.15) is 0 Å². The van der Waals surface area contributed by atoms with Gasteiger partial charge in [0.2, 0.25) is 0 Å². The van der Waals surface area contributed by atoms with E-state index in [1.807, 2.05) is 0 Å². The molecule has 0 bridgehead atoms. The molecule has 0 radical (unpaired) electrons. The van der Waals surface area contributed by atoms with Gasteiger partial charge in [0.05, 0.1) is 0 Å². The van der Waals surface area contributed by atoms with Crippen LogP contribution in [0.25, 0.3) is 0 Å². The van der Waals surface area contributed by atoms with E-state index in [-0.39, 0.29) is 0 Å². The van der Waals surface area contributed by atoms with Crippen LogP contribution in [0.3, 0.4) is 0 Å². The van der Waals surface area contributed by atoms with Crippen molar-refractivity contribution < 1.29 is 0 Å². The van der Waals surface area contributed by atoms with Gasteiger partial charge in [-0.05, 0) is 19.3 Å². The minimum Gasteiger partial charge on any atom is -0.0774 e. The third-order valence-electron chi connectivity index (χ3n) is 1.55. The van der Waals surface area contributed by atoms with Crippen LogP contribution >= 0.6 is 0 Å². The van der Waals surface area contributed by atoms with E-state index >= 15 is 0 Å². The highest BCUT2D eigenvalue weighted by Crippen LogP contribution is 2.17. The standard InChI is InChI=1S/C8H12/c1-3-8-5-4-7(2)6-8/h4-6,8H,3H2,1-2H3. The Hall–Kier alpha value is -0.520. The second-order valence-corrected chi connectivity index (χ2v) is 2.34. The number of allylic oxidation sites excluding steroid dienone is 4. The highest BCUT2D eigenvalue weighted by Gasteiger charge is 2.01. The zero-order valence-electron chi connectivity index (χ0n) is 5.52. The van der Waals surface area contributed by atoms with Gasteiger partial charge in [0.25, 0.3) is 0 Å². The molecule has 0 aromatic carbocycles. The van der Waals surface area contributed by atoms with Crippen molar-refractivity contribution in [3.8, 4) is 0 Å². The lowest BCUT2D eigenvalue weighted by Gasteiger charge is -1.94. The first-order valence-electron chi connectivity index (χ1n) is 3.19. The first-order valence-corrected chi connectivity index (χ1v) is 3.19. The lowest BCUT2D eigenvalue weighted by molar-refractivity contribution is 0.783. The Morgan fingerprint density at radius 2 is 2.38 bits per heavy atom. The zero-order valence-corrected chi connectivity index (χ0v) is 5.52. The van der Waals surface area contributed by atoms with Gasteiger partial charge in [-0.2, -0.15) is 0 Å². The van der Waals surface area contributed by atoms with Gasteiger partial charge in [0.15, 0.2) is 0 Å². The largest absolute Gasteiger partial charge is 0.0774 e. The Kier molecular flexibility index (Phi) is 1.52. The molecule has 1 unspecified atom stereocenters. The first-order chi connectivity index (χ1) is 3.83. The highest BCUT2D eigenvalue weighted by atomic mass is 14.1. The van der Waals surface area contributed by atoms with Gasteiger partial charge in [-0.15, -0.1) is 0 Å². The Labute approximate surface area is 50.9 Å². The summed E-state index contributed by atoms with van der Waals surface area (Å²) in [6.07, 6.45) is 8.00. The number of hydrogen-bond acceptors (Lipinski definition) is 0. The molecule has 0 amide bonds. The molecule has 0 aromatic rings. The number of rotatable bonds is 1. The molecular formula is C8H12. The van der Waals surface area contributed by atoms with Crippen LogP contribution in [0, 0.1) is 5.92 Å². The van der Waals surface area contributed by atoms with Crippen LogP contribution in [0.4, 0.5) is 0 Å². The van der Waals surface area contributed by atoms with Crippen molar-refractivity contribution in [3.05, 3.63) is 23.8 Å². The van der Waals surface area contributed by atoms with E-state index in [2.05, 4.69) is 32.1 Å². The predicted molar refractivity (Wildman–Crippen MR) is 36.7 cm³/mol. The smallest absolute Gasteiger partial charge is 0.00472 e. The Bertz CT molecular complexity index is 129. The number of hydrogen-bond donors (Lipinski definition) is 0. The maximum Gasteiger partial charge on any atom is -0.00472 e. The molecule has 0 fully saturated rings. The van der Waals surface area contributed by atoms with Crippen LogP contribution in [0.2, 0.25) is 0 Å². The molecule has 0 saturated carbocycles. The first kappa shape index (κ1) is 5.61. The molecule has 0 nitrogen and oxygen atoms in total. The third kappa shape index (κ3) is 1.00. The summed E-state index contributed by atoms with van der Waals surface area (Å²) in [7, 11) is 0. The van der Waals surface area contributed by atoms with Crippen molar-refractivity contribution in [2.24, 2.45) is 5.92 Å². The lowest BCUT2D eigenvalue weighted by Crippen LogP contribution is -1.81. The molecule has 1 aliphatic rings. The summed E-state index contributed by atoms with van der Waals surface area (Å²) < 4.78 is 0. The maximum atomic E-state index is 2.31. The lowest BCUT2D eigenvalue weighted by atomic mass is 10.1. The molecule has 0 aromatic heterocycles. The summed E-state index contributed by atoms with van der Waals surface area (Å²) in [6, 6.07) is 0. The van der Waals surface area contributed by atoms with Gasteiger partial charge in [0, 0.05) is 0 Å². The second kappa shape index (κ2) is 2.17. The summed E-state index contributed by atoms with van der Waals surface area (Å²) in [4.78, 5) is 0. The SMILES string of the molecule is CCC1C=CC(C)=C1. The predicted octanol–water partition coefficient (Wildman–Crippen LogP) is 2.53. The third-order valence-corrected chi connectivity index (χ3v) is 1.55. The van der Waals surface area contributed by atoms with E-state index in [0.29, 0.717) is 0 Å². The van der Waals surface area contributed by atoms with Gasteiger partial charge in [-0.3, -0.25) is 0 Å². The van der Waals surface area contributed by atoms with Crippen LogP contribution in [-0.4, -0.2) is 0 Å². The van der Waals surface area contributed by atoms with E-state index in [9.17, 15) is 0 Å². The van der Waals surface area contributed by atoms with E-state index in [4.69, 9.17) is 0 Å². The molecule has 8 heavy (non-hydrogen) atoms. The molecule has 0 aliphatic heterocycles. The Balaban J connectivity index is 2.55. The molecule has 0 N–H and O–H groups in total. The highest BCUT2D eigenvalue weighted by molar-refractivity contribution is 5.26. The van der Waals surface area contributed by atoms with Crippen LogP contribution in [-0.2, 0) is 0 Å². The fourth-order valence-corrected chi connectivity index (χ4v) is 0.978. The van der Waals surface area contributed by atoms with Crippen molar-refractivity contribution >= 4 is 0 Å². The summed E-state index contributed by atoms with van der Waals surface area (Å²) in [5.41, 5.74) is 1.41. The van der Waals surface area contributed by atoms with Gasteiger partial charge in [-0.25, -0.2) is 0 Å². The molecule has 0 spiro atoms. The topological polar surface area (TPSA) is 0 Å². The molecule has 0 saturated heterocycles. The molecule has 0 heteroatoms. The second-order valence-electron chi connectivity index (χ2n) is 2.34. The summed E-state index contributed by atoms with van der Waals surface area (Å²) in [5, 5.41) is 0. The molecular weight excluding hydrogens is 96.1 g/mol. The average Bonchev–Trinajstić information content (AvgIpc) is 2.14. The fraction of sp³-hybridized carbons (Fsp3) is 0.500. The average molecular weight is 108 g/mol. The Morgan fingerprint density at radius 3 is 2.62 bits per heavy atom.